The zero-order valence-electron chi connectivity index (χ0n) is 13.7. The number of hydrogen-bond acceptors (Lipinski definition) is 5. The van der Waals surface area contributed by atoms with Crippen LogP contribution in [0.1, 0.15) is 37.1 Å². The molecule has 0 saturated carbocycles. The van der Waals surface area contributed by atoms with Gasteiger partial charge in [-0.05, 0) is 42.5 Å². The van der Waals surface area contributed by atoms with E-state index >= 15 is 0 Å². The van der Waals surface area contributed by atoms with E-state index in [1.54, 1.807) is 11.3 Å². The highest BCUT2D eigenvalue weighted by Crippen LogP contribution is 2.38. The number of benzene rings is 1. The fourth-order valence-electron chi connectivity index (χ4n) is 2.57. The number of halogens is 2. The Morgan fingerprint density at radius 1 is 1.25 bits per heavy atom. The third-order valence-corrected chi connectivity index (χ3v) is 5.00. The largest absolute Gasteiger partial charge is 0.456 e. The molecule has 1 atom stereocenters. The van der Waals surface area contributed by atoms with Gasteiger partial charge < -0.3 is 21.5 Å². The molecule has 1 aliphatic heterocycles. The highest BCUT2D eigenvalue weighted by atomic mass is 35.5. The summed E-state index contributed by atoms with van der Waals surface area (Å²) in [6.07, 6.45) is 1.81. The van der Waals surface area contributed by atoms with E-state index in [1.165, 1.54) is 0 Å². The van der Waals surface area contributed by atoms with E-state index in [-0.39, 0.29) is 24.8 Å². The summed E-state index contributed by atoms with van der Waals surface area (Å²) in [7, 11) is 0. The van der Waals surface area contributed by atoms with Crippen LogP contribution >= 0.6 is 36.2 Å². The minimum absolute atomic E-state index is 0. The lowest BCUT2D eigenvalue weighted by atomic mass is 9.91. The number of rotatable bonds is 4. The maximum Gasteiger partial charge on any atom is 0.150 e. The maximum absolute atomic E-state index is 6.55. The van der Waals surface area contributed by atoms with Crippen LogP contribution in [-0.4, -0.2) is 0 Å². The molecule has 0 radical (unpaired) electrons. The molecule has 0 aliphatic carbocycles. The van der Waals surface area contributed by atoms with Crippen molar-refractivity contribution in [1.29, 1.82) is 0 Å². The summed E-state index contributed by atoms with van der Waals surface area (Å²) in [5.74, 6) is 2.18. The first-order chi connectivity index (χ1) is 10.5. The van der Waals surface area contributed by atoms with Gasteiger partial charge >= 0.3 is 0 Å². The molecule has 1 unspecified atom stereocenters. The number of anilines is 1. The van der Waals surface area contributed by atoms with Crippen molar-refractivity contribution in [3.05, 3.63) is 57.7 Å². The predicted molar refractivity (Wildman–Crippen MR) is 106 cm³/mol. The zero-order chi connectivity index (χ0) is 15.7. The highest BCUT2D eigenvalue weighted by Gasteiger charge is 2.27. The first-order valence-corrected chi connectivity index (χ1v) is 8.31. The molecule has 7 heteroatoms. The minimum Gasteiger partial charge on any atom is -0.456 e. The predicted octanol–water partition coefficient (Wildman–Crippen LogP) is 4.55. The molecule has 0 saturated heterocycles. The number of allylic oxidation sites excluding steroid dienone is 1. The van der Waals surface area contributed by atoms with Gasteiger partial charge in [0, 0.05) is 11.3 Å². The summed E-state index contributed by atoms with van der Waals surface area (Å²) in [5.41, 5.74) is 13.9. The summed E-state index contributed by atoms with van der Waals surface area (Å²) in [6.45, 7) is 4.12. The van der Waals surface area contributed by atoms with Gasteiger partial charge in [0.05, 0.1) is 11.2 Å². The number of nitrogens with one attached hydrogen (secondary N) is 1. The van der Waals surface area contributed by atoms with E-state index < -0.39 is 5.54 Å². The summed E-state index contributed by atoms with van der Waals surface area (Å²) in [5, 5.41) is 5.27. The molecule has 2 aromatic rings. The van der Waals surface area contributed by atoms with Gasteiger partial charge in [-0.3, -0.25) is 0 Å². The van der Waals surface area contributed by atoms with Crippen molar-refractivity contribution in [2.45, 2.75) is 32.2 Å². The first-order valence-electron chi connectivity index (χ1n) is 7.43. The molecular weight excluding hydrogens is 365 g/mol. The van der Waals surface area contributed by atoms with Crippen molar-refractivity contribution in [3.8, 4) is 5.75 Å². The average molecular weight is 388 g/mol. The molecular formula is C17H23Cl2N3OS. The van der Waals surface area contributed by atoms with E-state index in [4.69, 9.17) is 16.2 Å². The molecule has 5 N–H and O–H groups in total. The quantitative estimate of drug-likeness (QED) is 0.719. The van der Waals surface area contributed by atoms with Crippen LogP contribution in [-0.2, 0) is 5.54 Å². The summed E-state index contributed by atoms with van der Waals surface area (Å²) in [4.78, 5) is 1.12. The number of hydrogen-bond donors (Lipinski definition) is 3. The molecule has 132 valence electrons. The van der Waals surface area contributed by atoms with Gasteiger partial charge in [0.2, 0.25) is 0 Å². The highest BCUT2D eigenvalue weighted by molar-refractivity contribution is 7.10. The van der Waals surface area contributed by atoms with Crippen molar-refractivity contribution in [1.82, 2.24) is 0 Å². The molecule has 1 aromatic heterocycles. The minimum atomic E-state index is -0.535. The Labute approximate surface area is 159 Å². The van der Waals surface area contributed by atoms with E-state index in [0.717, 1.165) is 40.5 Å². The van der Waals surface area contributed by atoms with Crippen LogP contribution in [0.5, 0.6) is 5.75 Å². The molecule has 0 amide bonds. The van der Waals surface area contributed by atoms with Gasteiger partial charge in [-0.15, -0.1) is 36.2 Å². The van der Waals surface area contributed by atoms with Gasteiger partial charge in [0.1, 0.15) is 11.6 Å². The normalized spacial score (nSPS) is 15.1. The van der Waals surface area contributed by atoms with Crippen molar-refractivity contribution in [3.63, 3.8) is 0 Å². The third kappa shape index (κ3) is 3.81. The van der Waals surface area contributed by atoms with Crippen molar-refractivity contribution < 1.29 is 4.74 Å². The molecule has 0 bridgehead atoms. The second kappa shape index (κ2) is 8.12. The van der Waals surface area contributed by atoms with Gasteiger partial charge in [0.25, 0.3) is 0 Å². The van der Waals surface area contributed by atoms with Crippen molar-refractivity contribution in [2.75, 3.05) is 5.32 Å². The Hall–Kier alpha value is -1.40. The second-order valence-corrected chi connectivity index (χ2v) is 6.65. The van der Waals surface area contributed by atoms with E-state index in [0.29, 0.717) is 5.82 Å². The number of nitrogens with two attached hydrogens (primary N) is 2. The van der Waals surface area contributed by atoms with Gasteiger partial charge in [0.15, 0.2) is 5.75 Å². The van der Waals surface area contributed by atoms with Crippen molar-refractivity contribution in [2.24, 2.45) is 11.5 Å². The van der Waals surface area contributed by atoms with E-state index in [2.05, 4.69) is 18.3 Å². The second-order valence-electron chi connectivity index (χ2n) is 5.70. The van der Waals surface area contributed by atoms with Crippen LogP contribution in [0.25, 0.3) is 0 Å². The lowest BCUT2D eigenvalue weighted by Gasteiger charge is -2.28. The van der Waals surface area contributed by atoms with Gasteiger partial charge in [-0.25, -0.2) is 0 Å². The Morgan fingerprint density at radius 3 is 2.62 bits per heavy atom. The molecule has 4 nitrogen and oxygen atoms in total. The van der Waals surface area contributed by atoms with Crippen LogP contribution < -0.4 is 21.5 Å². The zero-order valence-corrected chi connectivity index (χ0v) is 16.1. The van der Waals surface area contributed by atoms with Crippen molar-refractivity contribution >= 4 is 41.8 Å². The van der Waals surface area contributed by atoms with Gasteiger partial charge in [-0.1, -0.05) is 19.1 Å². The van der Waals surface area contributed by atoms with Crippen LogP contribution in [0.15, 0.2) is 47.3 Å². The fourth-order valence-corrected chi connectivity index (χ4v) is 3.39. The maximum atomic E-state index is 6.55. The third-order valence-electron chi connectivity index (χ3n) is 3.89. The SMILES string of the molecule is CCCC1=C(N)Nc2cc(C(C)(N)c3cccs3)ccc2O1.Cl.Cl. The molecule has 2 heterocycles. The van der Waals surface area contributed by atoms with Crippen LogP contribution in [0, 0.1) is 0 Å². The standard InChI is InChI=1S/C17H21N3OS.2ClH/c1-3-5-14-16(18)20-12-10-11(7-8-13(12)21-14)17(2,19)15-6-4-9-22-15;;/h4,6-10,20H,3,5,18-19H2,1-2H3;2*1H. The van der Waals surface area contributed by atoms with Crippen LogP contribution in [0.3, 0.4) is 0 Å². The summed E-state index contributed by atoms with van der Waals surface area (Å²) >= 11 is 1.66. The molecule has 3 rings (SSSR count). The molecule has 0 fully saturated rings. The Balaban J connectivity index is 0.00000144. The topological polar surface area (TPSA) is 73.3 Å². The van der Waals surface area contributed by atoms with Crippen LogP contribution in [0.2, 0.25) is 0 Å². The molecule has 1 aromatic carbocycles. The number of thiophene rings is 1. The summed E-state index contributed by atoms with van der Waals surface area (Å²) in [6, 6.07) is 10.1. The summed E-state index contributed by atoms with van der Waals surface area (Å²) < 4.78 is 5.90. The Kier molecular flexibility index (Phi) is 6.98. The van der Waals surface area contributed by atoms with E-state index in [1.807, 2.05) is 36.6 Å². The number of ether oxygens (including phenoxy) is 1. The Bertz CT molecular complexity index is 715. The van der Waals surface area contributed by atoms with E-state index in [9.17, 15) is 0 Å². The Morgan fingerprint density at radius 2 is 2.00 bits per heavy atom. The molecule has 0 spiro atoms. The smallest absolute Gasteiger partial charge is 0.150 e. The fraction of sp³-hybridized carbons (Fsp3) is 0.294. The van der Waals surface area contributed by atoms with Crippen LogP contribution in [0.4, 0.5) is 5.69 Å². The number of fused-ring (bicyclic) bond motifs is 1. The lowest BCUT2D eigenvalue weighted by Crippen LogP contribution is -2.33. The monoisotopic (exact) mass is 387 g/mol. The van der Waals surface area contributed by atoms with Gasteiger partial charge in [-0.2, -0.15) is 0 Å². The lowest BCUT2D eigenvalue weighted by molar-refractivity contribution is 0.389. The average Bonchev–Trinajstić information content (AvgIpc) is 3.03. The first kappa shape index (κ1) is 20.6. The molecule has 24 heavy (non-hydrogen) atoms. The molecule has 1 aliphatic rings.